The lowest BCUT2D eigenvalue weighted by Gasteiger charge is -2.37. The normalized spacial score (nSPS) is 23.4. The Morgan fingerprint density at radius 1 is 0.762 bits per heavy atom. The quantitative estimate of drug-likeness (QED) is 0.226. The fraction of sp³-hybridized carbons (Fsp3) is 0.500. The molecule has 3 aromatic carbocycles. The highest BCUT2D eigenvalue weighted by atomic mass is 14.8. The molecule has 2 saturated carbocycles. The molecule has 2 heteroatoms. The van der Waals surface area contributed by atoms with Gasteiger partial charge in [-0.15, -0.1) is 0 Å². The van der Waals surface area contributed by atoms with Gasteiger partial charge in [-0.1, -0.05) is 89.1 Å². The van der Waals surface area contributed by atoms with E-state index in [1.54, 1.807) is 0 Å². The standard InChI is InChI=1S/C40H52N2/c1-26-13-15-29(16-14-26)30-19-22-32(23-20-30)38-34-10-8-12-36(41)37(34)39(42-38)33-24-18-28(27(2)25-33)17-21-31-9-6-7-11-35(31)40(3,4)5/h6-12,18,24-26,29-30,32,42H,13-17,19-23,41H2,1-5H3. The Morgan fingerprint density at radius 2 is 1.43 bits per heavy atom. The van der Waals surface area contributed by atoms with Gasteiger partial charge >= 0.3 is 0 Å². The van der Waals surface area contributed by atoms with Crippen molar-refractivity contribution in [2.75, 3.05) is 5.73 Å². The lowest BCUT2D eigenvalue weighted by atomic mass is 9.69. The van der Waals surface area contributed by atoms with Crippen molar-refractivity contribution in [2.45, 2.75) is 110 Å². The SMILES string of the molecule is Cc1cc(-c2[nH]c(C3CCC(C4CCC(C)CC4)CC3)c3cccc(N)c23)ccc1CCc1ccccc1C(C)(C)C. The minimum atomic E-state index is 0.162. The molecule has 0 amide bonds. The maximum Gasteiger partial charge on any atom is 0.0557 e. The first-order valence-corrected chi connectivity index (χ1v) is 16.8. The van der Waals surface area contributed by atoms with Gasteiger partial charge in [-0.2, -0.15) is 0 Å². The molecule has 2 aliphatic carbocycles. The molecule has 42 heavy (non-hydrogen) atoms. The summed E-state index contributed by atoms with van der Waals surface area (Å²) in [4.78, 5) is 3.97. The molecule has 222 valence electrons. The van der Waals surface area contributed by atoms with Gasteiger partial charge in [0.15, 0.2) is 0 Å². The summed E-state index contributed by atoms with van der Waals surface area (Å²) in [6, 6.07) is 22.5. The third-order valence-corrected chi connectivity index (χ3v) is 10.9. The number of aromatic nitrogens is 1. The van der Waals surface area contributed by atoms with Crippen LogP contribution >= 0.6 is 0 Å². The third-order valence-electron chi connectivity index (χ3n) is 10.9. The van der Waals surface area contributed by atoms with E-state index in [9.17, 15) is 0 Å². The molecule has 3 N–H and O–H groups in total. The van der Waals surface area contributed by atoms with Gasteiger partial charge in [0.25, 0.3) is 0 Å². The Bertz CT molecular complexity index is 1520. The lowest BCUT2D eigenvalue weighted by Crippen LogP contribution is -2.24. The zero-order valence-electron chi connectivity index (χ0n) is 26.7. The number of H-pyrrole nitrogens is 1. The monoisotopic (exact) mass is 560 g/mol. The average molecular weight is 561 g/mol. The number of nitrogen functional groups attached to an aromatic ring is 1. The summed E-state index contributed by atoms with van der Waals surface area (Å²) in [5.74, 6) is 3.45. The van der Waals surface area contributed by atoms with Gasteiger partial charge in [-0.05, 0) is 127 Å². The van der Waals surface area contributed by atoms with Crippen LogP contribution < -0.4 is 5.73 Å². The average Bonchev–Trinajstić information content (AvgIpc) is 3.38. The molecule has 0 spiro atoms. The number of hydrogen-bond acceptors (Lipinski definition) is 1. The Morgan fingerprint density at radius 3 is 2.12 bits per heavy atom. The molecule has 2 aliphatic rings. The molecule has 1 heterocycles. The number of benzene rings is 3. The van der Waals surface area contributed by atoms with E-state index < -0.39 is 0 Å². The van der Waals surface area contributed by atoms with Crippen molar-refractivity contribution in [2.24, 2.45) is 17.8 Å². The Balaban J connectivity index is 1.22. The number of rotatable bonds is 6. The van der Waals surface area contributed by atoms with Gasteiger partial charge in [0.05, 0.1) is 5.69 Å². The van der Waals surface area contributed by atoms with Gasteiger partial charge in [0, 0.05) is 22.2 Å². The van der Waals surface area contributed by atoms with Crippen molar-refractivity contribution in [1.29, 1.82) is 0 Å². The molecule has 1 aromatic heterocycles. The molecule has 0 atom stereocenters. The summed E-state index contributed by atoms with van der Waals surface area (Å²) in [6.45, 7) is 11.7. The Hall–Kier alpha value is -3.00. The number of nitrogens with one attached hydrogen (secondary N) is 1. The summed E-state index contributed by atoms with van der Waals surface area (Å²) in [7, 11) is 0. The predicted octanol–water partition coefficient (Wildman–Crippen LogP) is 10.9. The van der Waals surface area contributed by atoms with Crippen molar-refractivity contribution < 1.29 is 0 Å². The minimum Gasteiger partial charge on any atom is -0.398 e. The zero-order valence-corrected chi connectivity index (χ0v) is 26.7. The van der Waals surface area contributed by atoms with Crippen LogP contribution in [0.15, 0.2) is 60.7 Å². The van der Waals surface area contributed by atoms with Gasteiger partial charge in [0.2, 0.25) is 0 Å². The highest BCUT2D eigenvalue weighted by Gasteiger charge is 2.32. The summed E-state index contributed by atoms with van der Waals surface area (Å²) in [6.07, 6.45) is 13.3. The summed E-state index contributed by atoms with van der Waals surface area (Å²) < 4.78 is 0. The molecule has 0 aliphatic heterocycles. The van der Waals surface area contributed by atoms with Crippen molar-refractivity contribution in [3.63, 3.8) is 0 Å². The molecular formula is C40H52N2. The number of nitrogens with two attached hydrogens (primary N) is 1. The first kappa shape index (κ1) is 29.1. The molecule has 0 saturated heterocycles. The lowest BCUT2D eigenvalue weighted by molar-refractivity contribution is 0.165. The maximum atomic E-state index is 6.68. The fourth-order valence-corrected chi connectivity index (χ4v) is 8.38. The van der Waals surface area contributed by atoms with Crippen molar-refractivity contribution in [3.05, 3.63) is 88.6 Å². The number of aromatic amines is 1. The van der Waals surface area contributed by atoms with Crippen molar-refractivity contribution >= 4 is 16.5 Å². The van der Waals surface area contributed by atoms with E-state index in [4.69, 9.17) is 5.73 Å². The second-order valence-corrected chi connectivity index (χ2v) is 14.9. The molecular weight excluding hydrogens is 508 g/mol. The van der Waals surface area contributed by atoms with E-state index in [-0.39, 0.29) is 5.41 Å². The molecule has 2 fully saturated rings. The van der Waals surface area contributed by atoms with Crippen LogP contribution in [0.1, 0.15) is 113 Å². The van der Waals surface area contributed by atoms with E-state index in [1.807, 2.05) is 0 Å². The summed E-state index contributed by atoms with van der Waals surface area (Å²) >= 11 is 0. The zero-order chi connectivity index (χ0) is 29.4. The van der Waals surface area contributed by atoms with E-state index in [1.165, 1.54) is 101 Å². The molecule has 6 rings (SSSR count). The number of anilines is 1. The predicted molar refractivity (Wildman–Crippen MR) is 181 cm³/mol. The first-order chi connectivity index (χ1) is 20.2. The molecule has 0 unspecified atom stereocenters. The first-order valence-electron chi connectivity index (χ1n) is 16.8. The molecule has 0 radical (unpaired) electrons. The van der Waals surface area contributed by atoms with E-state index in [0.29, 0.717) is 5.92 Å². The summed E-state index contributed by atoms with van der Waals surface area (Å²) in [5.41, 5.74) is 17.3. The minimum absolute atomic E-state index is 0.162. The van der Waals surface area contributed by atoms with Crippen LogP contribution in [-0.2, 0) is 18.3 Å². The smallest absolute Gasteiger partial charge is 0.0557 e. The van der Waals surface area contributed by atoms with Crippen LogP contribution in [0.2, 0.25) is 0 Å². The van der Waals surface area contributed by atoms with Gasteiger partial charge in [-0.3, -0.25) is 0 Å². The van der Waals surface area contributed by atoms with E-state index in [0.717, 1.165) is 36.3 Å². The topological polar surface area (TPSA) is 41.8 Å². The Kier molecular flexibility index (Phi) is 8.27. The maximum absolute atomic E-state index is 6.68. The number of hydrogen-bond donors (Lipinski definition) is 2. The van der Waals surface area contributed by atoms with Crippen molar-refractivity contribution in [3.8, 4) is 11.3 Å². The summed E-state index contributed by atoms with van der Waals surface area (Å²) in [5, 5.41) is 2.54. The van der Waals surface area contributed by atoms with Gasteiger partial charge in [0.1, 0.15) is 0 Å². The number of aryl methyl sites for hydroxylation is 3. The Labute approximate surface area is 254 Å². The van der Waals surface area contributed by atoms with Gasteiger partial charge in [-0.25, -0.2) is 0 Å². The largest absolute Gasteiger partial charge is 0.398 e. The second-order valence-electron chi connectivity index (χ2n) is 14.9. The van der Waals surface area contributed by atoms with Crippen LogP contribution in [0.25, 0.3) is 22.0 Å². The third kappa shape index (κ3) is 5.92. The van der Waals surface area contributed by atoms with Crippen LogP contribution in [0.5, 0.6) is 0 Å². The molecule has 0 bridgehead atoms. The van der Waals surface area contributed by atoms with E-state index >= 15 is 0 Å². The van der Waals surface area contributed by atoms with Crippen LogP contribution in [-0.4, -0.2) is 4.98 Å². The van der Waals surface area contributed by atoms with Gasteiger partial charge < -0.3 is 10.7 Å². The fourth-order valence-electron chi connectivity index (χ4n) is 8.38. The van der Waals surface area contributed by atoms with Crippen molar-refractivity contribution in [1.82, 2.24) is 4.98 Å². The number of fused-ring (bicyclic) bond motifs is 1. The van der Waals surface area contributed by atoms with E-state index in [2.05, 4.69) is 100 Å². The highest BCUT2D eigenvalue weighted by molar-refractivity contribution is 6.05. The molecule has 2 nitrogen and oxygen atoms in total. The molecule has 4 aromatic rings. The highest BCUT2D eigenvalue weighted by Crippen LogP contribution is 2.46. The second kappa shape index (κ2) is 11.9. The van der Waals surface area contributed by atoms with Crippen LogP contribution in [0.4, 0.5) is 5.69 Å². The van der Waals surface area contributed by atoms with Crippen LogP contribution in [0.3, 0.4) is 0 Å². The van der Waals surface area contributed by atoms with Crippen LogP contribution in [0, 0.1) is 24.7 Å².